The highest BCUT2D eigenvalue weighted by Crippen LogP contribution is 2.25. The van der Waals surface area contributed by atoms with Crippen LogP contribution in [-0.2, 0) is 15.1 Å². The van der Waals surface area contributed by atoms with Gasteiger partial charge in [-0.1, -0.05) is 12.1 Å². The van der Waals surface area contributed by atoms with Crippen LogP contribution >= 0.6 is 0 Å². The van der Waals surface area contributed by atoms with Gasteiger partial charge in [0.1, 0.15) is 0 Å². The third-order valence-corrected chi connectivity index (χ3v) is 3.00. The third kappa shape index (κ3) is 2.05. The zero-order valence-electron chi connectivity index (χ0n) is 10.3. The maximum Gasteiger partial charge on any atom is 0.258 e. The number of anilines is 1. The fourth-order valence-electron chi connectivity index (χ4n) is 1.77. The van der Waals surface area contributed by atoms with Gasteiger partial charge in [0.15, 0.2) is 0 Å². The Morgan fingerprint density at radius 3 is 2.33 bits per heavy atom. The topological polar surface area (TPSA) is 75.4 Å². The Labute approximate surface area is 105 Å². The van der Waals surface area contributed by atoms with E-state index in [2.05, 4.69) is 5.43 Å². The molecule has 1 heterocycles. The number of imide groups is 1. The number of hydrazine groups is 1. The van der Waals surface area contributed by atoms with E-state index in [0.717, 1.165) is 10.5 Å². The Morgan fingerprint density at radius 2 is 1.78 bits per heavy atom. The molecule has 94 valence electrons. The molecule has 0 atom stereocenters. The Hall–Kier alpha value is -1.98. The van der Waals surface area contributed by atoms with Crippen LogP contribution in [-0.4, -0.2) is 11.8 Å². The molecule has 2 rings (SSSR count). The Bertz CT molecular complexity index is 517. The number of nitrogens with two attached hydrogens (primary N) is 1. The molecule has 5 heteroatoms. The lowest BCUT2D eigenvalue weighted by atomic mass is 9.94. The number of nitrogens with one attached hydrogen (secondary N) is 1. The minimum atomic E-state index is -0.435. The fraction of sp³-hybridized carbons (Fsp3) is 0.231. The molecule has 1 aromatic rings. The van der Waals surface area contributed by atoms with Crippen molar-refractivity contribution in [3.8, 4) is 0 Å². The van der Waals surface area contributed by atoms with Crippen molar-refractivity contribution in [2.45, 2.75) is 19.4 Å². The van der Waals surface area contributed by atoms with Crippen molar-refractivity contribution in [2.24, 2.45) is 5.84 Å². The molecular formula is C13H15N3O2. The largest absolute Gasteiger partial charge is 0.271 e. The summed E-state index contributed by atoms with van der Waals surface area (Å²) in [6, 6.07) is 7.19. The third-order valence-electron chi connectivity index (χ3n) is 3.00. The molecule has 1 aliphatic heterocycles. The summed E-state index contributed by atoms with van der Waals surface area (Å²) in [5.41, 5.74) is 3.71. The number of benzene rings is 1. The van der Waals surface area contributed by atoms with E-state index in [1.165, 1.54) is 12.2 Å². The summed E-state index contributed by atoms with van der Waals surface area (Å²) in [6.07, 6.45) is 2.53. The Balaban J connectivity index is 2.40. The van der Waals surface area contributed by atoms with Crippen molar-refractivity contribution < 1.29 is 9.59 Å². The van der Waals surface area contributed by atoms with Gasteiger partial charge >= 0.3 is 0 Å². The normalized spacial score (nSPS) is 15.6. The molecule has 0 spiro atoms. The second-order valence-electron chi connectivity index (χ2n) is 4.66. The summed E-state index contributed by atoms with van der Waals surface area (Å²) in [6.45, 7) is 3.83. The first-order valence-electron chi connectivity index (χ1n) is 5.60. The quantitative estimate of drug-likeness (QED) is 0.469. The predicted molar refractivity (Wildman–Crippen MR) is 68.4 cm³/mol. The van der Waals surface area contributed by atoms with Gasteiger partial charge in [0, 0.05) is 12.2 Å². The monoisotopic (exact) mass is 245 g/mol. The van der Waals surface area contributed by atoms with Crippen LogP contribution in [0.15, 0.2) is 36.4 Å². The lowest BCUT2D eigenvalue weighted by Gasteiger charge is -2.25. The van der Waals surface area contributed by atoms with Crippen LogP contribution < -0.4 is 16.2 Å². The minimum Gasteiger partial charge on any atom is -0.271 e. The number of carbonyl (C=O) groups is 2. The highest BCUT2D eigenvalue weighted by atomic mass is 16.2. The van der Waals surface area contributed by atoms with Crippen molar-refractivity contribution in [1.82, 2.24) is 5.43 Å². The van der Waals surface area contributed by atoms with Crippen LogP contribution in [0.1, 0.15) is 19.4 Å². The maximum absolute atomic E-state index is 11.6. The van der Waals surface area contributed by atoms with Crippen molar-refractivity contribution in [3.05, 3.63) is 42.0 Å². The first kappa shape index (κ1) is 12.5. The molecule has 1 aliphatic rings. The van der Waals surface area contributed by atoms with Gasteiger partial charge in [-0.2, -0.15) is 0 Å². The van der Waals surface area contributed by atoms with Gasteiger partial charge in [-0.15, -0.1) is 0 Å². The van der Waals surface area contributed by atoms with Crippen molar-refractivity contribution >= 4 is 17.5 Å². The molecule has 0 saturated heterocycles. The molecule has 0 unspecified atom stereocenters. The van der Waals surface area contributed by atoms with Gasteiger partial charge in [-0.3, -0.25) is 20.9 Å². The number of hydrogen-bond acceptors (Lipinski definition) is 4. The Morgan fingerprint density at radius 1 is 1.17 bits per heavy atom. The summed E-state index contributed by atoms with van der Waals surface area (Å²) in [4.78, 5) is 24.3. The molecule has 2 amide bonds. The highest BCUT2D eigenvalue weighted by molar-refractivity contribution is 6.28. The second-order valence-corrected chi connectivity index (χ2v) is 4.66. The van der Waals surface area contributed by atoms with E-state index in [4.69, 9.17) is 5.84 Å². The van der Waals surface area contributed by atoms with Gasteiger partial charge in [0.2, 0.25) is 0 Å². The molecular weight excluding hydrogens is 230 g/mol. The van der Waals surface area contributed by atoms with Crippen molar-refractivity contribution in [1.29, 1.82) is 0 Å². The SMILES string of the molecule is CC(C)(NN)c1cccc(N2C(=O)C=CC2=O)c1. The first-order valence-corrected chi connectivity index (χ1v) is 5.60. The standard InChI is InChI=1S/C13H15N3O2/c1-13(2,15-14)9-4-3-5-10(8-9)16-11(17)6-7-12(16)18/h3-8,15H,14H2,1-2H3. The number of amides is 2. The molecule has 1 aromatic carbocycles. The molecule has 0 radical (unpaired) electrons. The molecule has 3 N–H and O–H groups in total. The van der Waals surface area contributed by atoms with E-state index in [1.807, 2.05) is 19.9 Å². The van der Waals surface area contributed by atoms with Gasteiger partial charge in [-0.25, -0.2) is 4.90 Å². The van der Waals surface area contributed by atoms with Crippen LogP contribution in [0.4, 0.5) is 5.69 Å². The predicted octanol–water partition coefficient (Wildman–Crippen LogP) is 0.814. The lowest BCUT2D eigenvalue weighted by molar-refractivity contribution is -0.119. The van der Waals surface area contributed by atoms with Crippen molar-refractivity contribution in [3.63, 3.8) is 0 Å². The maximum atomic E-state index is 11.6. The van der Waals surface area contributed by atoms with E-state index in [0.29, 0.717) is 5.69 Å². The van der Waals surface area contributed by atoms with E-state index < -0.39 is 5.54 Å². The van der Waals surface area contributed by atoms with E-state index >= 15 is 0 Å². The molecule has 0 fully saturated rings. The highest BCUT2D eigenvalue weighted by Gasteiger charge is 2.26. The summed E-state index contributed by atoms with van der Waals surface area (Å²) < 4.78 is 0. The van der Waals surface area contributed by atoms with E-state index in [-0.39, 0.29) is 11.8 Å². The molecule has 0 saturated carbocycles. The first-order chi connectivity index (χ1) is 8.45. The summed E-state index contributed by atoms with van der Waals surface area (Å²) in [5.74, 6) is 4.84. The molecule has 5 nitrogen and oxygen atoms in total. The fourth-order valence-corrected chi connectivity index (χ4v) is 1.77. The zero-order chi connectivity index (χ0) is 13.3. The van der Waals surface area contributed by atoms with Crippen LogP contribution in [0.25, 0.3) is 0 Å². The number of nitrogens with zero attached hydrogens (tertiary/aromatic N) is 1. The van der Waals surface area contributed by atoms with Gasteiger partial charge in [0.05, 0.1) is 11.2 Å². The minimum absolute atomic E-state index is 0.323. The summed E-state index contributed by atoms with van der Waals surface area (Å²) in [7, 11) is 0. The second kappa shape index (κ2) is 4.36. The smallest absolute Gasteiger partial charge is 0.258 e. The van der Waals surface area contributed by atoms with Gasteiger partial charge < -0.3 is 0 Å². The average molecular weight is 245 g/mol. The number of carbonyl (C=O) groups excluding carboxylic acids is 2. The lowest BCUT2D eigenvalue weighted by Crippen LogP contribution is -2.41. The van der Waals surface area contributed by atoms with E-state index in [1.54, 1.807) is 18.2 Å². The van der Waals surface area contributed by atoms with Gasteiger partial charge in [0.25, 0.3) is 11.8 Å². The summed E-state index contributed by atoms with van der Waals surface area (Å²) >= 11 is 0. The Kier molecular flexibility index (Phi) is 3.02. The van der Waals surface area contributed by atoms with Crippen molar-refractivity contribution in [2.75, 3.05) is 4.90 Å². The number of hydrogen-bond donors (Lipinski definition) is 2. The van der Waals surface area contributed by atoms with Crippen LogP contribution in [0, 0.1) is 0 Å². The van der Waals surface area contributed by atoms with Crippen LogP contribution in [0.2, 0.25) is 0 Å². The number of rotatable bonds is 3. The summed E-state index contributed by atoms with van der Waals surface area (Å²) in [5, 5.41) is 0. The molecule has 18 heavy (non-hydrogen) atoms. The van der Waals surface area contributed by atoms with Crippen LogP contribution in [0.3, 0.4) is 0 Å². The zero-order valence-corrected chi connectivity index (χ0v) is 10.3. The van der Waals surface area contributed by atoms with Crippen LogP contribution in [0.5, 0.6) is 0 Å². The van der Waals surface area contributed by atoms with Gasteiger partial charge in [-0.05, 0) is 31.5 Å². The van der Waals surface area contributed by atoms with E-state index in [9.17, 15) is 9.59 Å². The molecule has 0 bridgehead atoms. The molecule has 0 aromatic heterocycles. The molecule has 0 aliphatic carbocycles. The average Bonchev–Trinajstić information content (AvgIpc) is 2.69.